The van der Waals surface area contributed by atoms with Crippen molar-refractivity contribution in [2.75, 3.05) is 0 Å². The molecule has 0 aliphatic carbocycles. The molecule has 0 radical (unpaired) electrons. The Labute approximate surface area is 157 Å². The van der Waals surface area contributed by atoms with Crippen molar-refractivity contribution in [3.05, 3.63) is 51.5 Å². The van der Waals surface area contributed by atoms with Crippen molar-refractivity contribution in [2.45, 2.75) is 17.4 Å². The van der Waals surface area contributed by atoms with Crippen molar-refractivity contribution in [1.82, 2.24) is 14.7 Å². The lowest BCUT2D eigenvalue weighted by Gasteiger charge is -2.13. The number of nitrogens with zero attached hydrogens (tertiary/aromatic N) is 3. The third-order valence-electron chi connectivity index (χ3n) is 3.00. The zero-order valence-corrected chi connectivity index (χ0v) is 15.6. The van der Waals surface area contributed by atoms with Gasteiger partial charge >= 0.3 is 0 Å². The van der Waals surface area contributed by atoms with Gasteiger partial charge in [0.05, 0.1) is 22.6 Å². The average Bonchev–Trinajstić information content (AvgIpc) is 2.53. The number of nitrogens with two attached hydrogens (primary N) is 1. The first-order valence-corrected chi connectivity index (χ1v) is 9.37. The largest absolute Gasteiger partial charge is 0.320 e. The van der Waals surface area contributed by atoms with E-state index in [4.69, 9.17) is 22.6 Å². The molecule has 2 aromatic rings. The van der Waals surface area contributed by atoms with Gasteiger partial charge in [-0.15, -0.1) is 0 Å². The van der Waals surface area contributed by atoms with E-state index in [9.17, 15) is 13.2 Å². The van der Waals surface area contributed by atoms with Crippen LogP contribution in [0.25, 0.3) is 0 Å². The van der Waals surface area contributed by atoms with Gasteiger partial charge in [0.1, 0.15) is 0 Å². The number of amides is 1. The highest BCUT2D eigenvalue weighted by atomic mass is 79.9. The second-order valence-corrected chi connectivity index (χ2v) is 7.82. The van der Waals surface area contributed by atoms with Crippen LogP contribution in [0.4, 0.5) is 0 Å². The zero-order valence-electron chi connectivity index (χ0n) is 12.5. The maximum absolute atomic E-state index is 12.3. The van der Waals surface area contributed by atoms with E-state index in [1.165, 1.54) is 24.4 Å². The third-order valence-corrected chi connectivity index (χ3v) is 4.96. The minimum absolute atomic E-state index is 0.00380. The Morgan fingerprint density at radius 3 is 2.80 bits per heavy atom. The smallest absolute Gasteiger partial charge is 0.264 e. The van der Waals surface area contributed by atoms with E-state index in [2.05, 4.69) is 25.9 Å². The topological polar surface area (TPSA) is 139 Å². The van der Waals surface area contributed by atoms with Crippen LogP contribution in [0, 0.1) is 11.3 Å². The molecule has 0 aliphatic rings. The summed E-state index contributed by atoms with van der Waals surface area (Å²) < 4.78 is 26.9. The number of carbonyl (C=O) groups is 1. The number of sulfonamides is 1. The first kappa shape index (κ1) is 19.3. The molecule has 0 spiro atoms. The number of halogens is 2. The van der Waals surface area contributed by atoms with Crippen LogP contribution in [0.2, 0.25) is 5.28 Å². The van der Waals surface area contributed by atoms with Crippen LogP contribution in [0.1, 0.15) is 11.3 Å². The molecule has 1 aromatic heterocycles. The zero-order chi connectivity index (χ0) is 18.6. The SMILES string of the molecule is N#Cc1cc(Br)cc(S(=O)(=O)NC(=O)C(N)Cc2ccnc(Cl)n2)c1. The van der Waals surface area contributed by atoms with E-state index in [0.717, 1.165) is 6.07 Å². The van der Waals surface area contributed by atoms with Gasteiger partial charge in [0.15, 0.2) is 0 Å². The van der Waals surface area contributed by atoms with Crippen LogP contribution in [0.15, 0.2) is 39.8 Å². The molecule has 130 valence electrons. The maximum atomic E-state index is 12.3. The van der Waals surface area contributed by atoms with E-state index in [1.54, 1.807) is 0 Å². The number of carbonyl (C=O) groups excluding carboxylic acids is 1. The van der Waals surface area contributed by atoms with Crippen LogP contribution in [0.5, 0.6) is 0 Å². The predicted octanol–water partition coefficient (Wildman–Crippen LogP) is 1.14. The fourth-order valence-electron chi connectivity index (χ4n) is 1.85. The van der Waals surface area contributed by atoms with Crippen molar-refractivity contribution in [1.29, 1.82) is 5.26 Å². The molecule has 25 heavy (non-hydrogen) atoms. The maximum Gasteiger partial charge on any atom is 0.264 e. The average molecular weight is 445 g/mol. The molecular formula is C14H11BrClN5O3S. The summed E-state index contributed by atoms with van der Waals surface area (Å²) in [7, 11) is -4.18. The van der Waals surface area contributed by atoms with Gasteiger partial charge in [-0.25, -0.2) is 23.1 Å². The lowest BCUT2D eigenvalue weighted by molar-refractivity contribution is -0.120. The highest BCUT2D eigenvalue weighted by molar-refractivity contribution is 9.10. The lowest BCUT2D eigenvalue weighted by atomic mass is 10.1. The van der Waals surface area contributed by atoms with Crippen molar-refractivity contribution in [3.8, 4) is 6.07 Å². The van der Waals surface area contributed by atoms with Crippen molar-refractivity contribution in [3.63, 3.8) is 0 Å². The summed E-state index contributed by atoms with van der Waals surface area (Å²) in [6.45, 7) is 0. The molecule has 1 heterocycles. The van der Waals surface area contributed by atoms with Gasteiger partial charge in [-0.2, -0.15) is 5.26 Å². The second-order valence-electron chi connectivity index (χ2n) is 4.88. The van der Waals surface area contributed by atoms with E-state index in [-0.39, 0.29) is 22.2 Å². The monoisotopic (exact) mass is 443 g/mol. The molecule has 0 fully saturated rings. The number of rotatable bonds is 5. The molecule has 1 amide bonds. The summed E-state index contributed by atoms with van der Waals surface area (Å²) in [6.07, 6.45) is 1.38. The van der Waals surface area contributed by atoms with Gasteiger partial charge < -0.3 is 5.73 Å². The lowest BCUT2D eigenvalue weighted by Crippen LogP contribution is -2.44. The Kier molecular flexibility index (Phi) is 6.07. The molecule has 8 nitrogen and oxygen atoms in total. The van der Waals surface area contributed by atoms with Crippen molar-refractivity contribution >= 4 is 43.5 Å². The predicted molar refractivity (Wildman–Crippen MR) is 92.9 cm³/mol. The number of hydrogen-bond donors (Lipinski definition) is 2. The molecule has 1 aromatic carbocycles. The molecule has 1 unspecified atom stereocenters. The number of nitrogens with one attached hydrogen (secondary N) is 1. The van der Waals surface area contributed by atoms with Crippen LogP contribution in [-0.2, 0) is 21.2 Å². The Morgan fingerprint density at radius 1 is 1.44 bits per heavy atom. The normalized spacial score (nSPS) is 12.2. The van der Waals surface area contributed by atoms with Crippen molar-refractivity contribution in [2.24, 2.45) is 5.73 Å². The molecule has 0 aliphatic heterocycles. The van der Waals surface area contributed by atoms with Crippen molar-refractivity contribution < 1.29 is 13.2 Å². The molecule has 0 bridgehead atoms. The summed E-state index contributed by atoms with van der Waals surface area (Å²) in [6, 6.07) is 6.06. The highest BCUT2D eigenvalue weighted by Gasteiger charge is 2.23. The summed E-state index contributed by atoms with van der Waals surface area (Å²) in [5.41, 5.74) is 6.25. The fourth-order valence-corrected chi connectivity index (χ4v) is 3.76. The summed E-state index contributed by atoms with van der Waals surface area (Å²) in [5, 5.41) is 8.91. The minimum Gasteiger partial charge on any atom is -0.320 e. The summed E-state index contributed by atoms with van der Waals surface area (Å²) >= 11 is 8.76. The van der Waals surface area contributed by atoms with Gasteiger partial charge in [-0.05, 0) is 35.9 Å². The van der Waals surface area contributed by atoms with E-state index >= 15 is 0 Å². The van der Waals surface area contributed by atoms with Gasteiger partial charge in [-0.3, -0.25) is 4.79 Å². The second kappa shape index (κ2) is 7.88. The Hall–Kier alpha value is -2.06. The van der Waals surface area contributed by atoms with Crippen LogP contribution in [0.3, 0.4) is 0 Å². The Morgan fingerprint density at radius 2 is 2.16 bits per heavy atom. The first-order valence-electron chi connectivity index (χ1n) is 6.71. The van der Waals surface area contributed by atoms with Gasteiger partial charge in [-0.1, -0.05) is 15.9 Å². The number of nitriles is 1. The quantitative estimate of drug-likeness (QED) is 0.659. The number of hydrogen-bond acceptors (Lipinski definition) is 7. The third kappa shape index (κ3) is 5.20. The van der Waals surface area contributed by atoms with E-state index < -0.39 is 22.0 Å². The van der Waals surface area contributed by atoms with Gasteiger partial charge in [0.2, 0.25) is 5.28 Å². The van der Waals surface area contributed by atoms with E-state index in [1.807, 2.05) is 10.8 Å². The van der Waals surface area contributed by atoms with Crippen LogP contribution >= 0.6 is 27.5 Å². The molecule has 0 saturated heterocycles. The van der Waals surface area contributed by atoms with Crippen LogP contribution < -0.4 is 10.5 Å². The minimum atomic E-state index is -4.18. The number of benzene rings is 1. The first-order chi connectivity index (χ1) is 11.7. The summed E-state index contributed by atoms with van der Waals surface area (Å²) in [4.78, 5) is 19.4. The molecule has 1 atom stereocenters. The highest BCUT2D eigenvalue weighted by Crippen LogP contribution is 2.19. The Bertz CT molecular complexity index is 961. The Balaban J connectivity index is 2.15. The van der Waals surface area contributed by atoms with E-state index in [0.29, 0.717) is 10.2 Å². The molecule has 0 saturated carbocycles. The van der Waals surface area contributed by atoms with Gasteiger partial charge in [0, 0.05) is 22.8 Å². The molecule has 11 heteroatoms. The molecule has 3 N–H and O–H groups in total. The standard InChI is InChI=1S/C14H11BrClN5O3S/c15-9-3-8(7-17)4-11(5-9)25(23,24)21-13(22)12(18)6-10-1-2-19-14(16)20-10/h1-5,12H,6,18H2,(H,21,22). The molecule has 2 rings (SSSR count). The number of aromatic nitrogens is 2. The molecular weight excluding hydrogens is 434 g/mol. The fraction of sp³-hybridized carbons (Fsp3) is 0.143. The van der Waals surface area contributed by atoms with Gasteiger partial charge in [0.25, 0.3) is 15.9 Å². The van der Waals surface area contributed by atoms with Crippen LogP contribution in [-0.4, -0.2) is 30.3 Å². The summed E-state index contributed by atoms with van der Waals surface area (Å²) in [5.74, 6) is -0.909.